The van der Waals surface area contributed by atoms with Gasteiger partial charge in [0.05, 0.1) is 4.92 Å². The predicted octanol–water partition coefficient (Wildman–Crippen LogP) is 0.160. The van der Waals surface area contributed by atoms with E-state index in [1.807, 2.05) is 0 Å². The topological polar surface area (TPSA) is 110 Å². The summed E-state index contributed by atoms with van der Waals surface area (Å²) in [5.74, 6) is 0. The average Bonchev–Trinajstić information content (AvgIpc) is 2.04. The van der Waals surface area contributed by atoms with Crippen LogP contribution in [0.4, 0.5) is 11.4 Å². The minimum atomic E-state index is -1.79. The largest absolute Gasteiger partial charge is 0.398 e. The smallest absolute Gasteiger partial charge is 0.270 e. The number of rotatable bonds is 2. The number of nitrogen functional groups attached to an aromatic ring is 1. The van der Waals surface area contributed by atoms with E-state index in [0.29, 0.717) is 0 Å². The number of benzene rings is 1. The number of nitro benzene ring substituents is 1. The van der Waals surface area contributed by atoms with Gasteiger partial charge in [0, 0.05) is 23.4 Å². The fourth-order valence-corrected chi connectivity index (χ4v) is 0.899. The Hall–Kier alpha value is -1.66. The number of nitrogens with zero attached hydrogens (tertiary/aromatic N) is 1. The highest BCUT2D eigenvalue weighted by molar-refractivity contribution is 5.53. The standard InChI is InChI=1S/C7H8N2O4/c8-6-2-1-4(9(12)13)3-5(6)7(10)11/h1-3,7,10-11H,8H2. The summed E-state index contributed by atoms with van der Waals surface area (Å²) in [5.41, 5.74) is 5.17. The number of nitrogens with two attached hydrogens (primary N) is 1. The lowest BCUT2D eigenvalue weighted by Crippen LogP contribution is -2.01. The van der Waals surface area contributed by atoms with E-state index in [9.17, 15) is 10.1 Å². The molecule has 0 saturated carbocycles. The third-order valence-corrected chi connectivity index (χ3v) is 1.56. The molecule has 1 rings (SSSR count). The second-order valence-corrected chi connectivity index (χ2v) is 2.44. The Labute approximate surface area is 73.4 Å². The number of non-ortho nitro benzene ring substituents is 1. The summed E-state index contributed by atoms with van der Waals surface area (Å²) >= 11 is 0. The van der Waals surface area contributed by atoms with Gasteiger partial charge < -0.3 is 15.9 Å². The van der Waals surface area contributed by atoms with E-state index in [2.05, 4.69) is 0 Å². The van der Waals surface area contributed by atoms with Gasteiger partial charge in [-0.25, -0.2) is 0 Å². The summed E-state index contributed by atoms with van der Waals surface area (Å²) in [4.78, 5) is 9.65. The molecule has 4 N–H and O–H groups in total. The number of anilines is 1. The molecule has 0 saturated heterocycles. The Morgan fingerprint density at radius 1 is 1.46 bits per heavy atom. The maximum atomic E-state index is 10.3. The van der Waals surface area contributed by atoms with Crippen molar-refractivity contribution in [2.24, 2.45) is 0 Å². The highest BCUT2D eigenvalue weighted by Crippen LogP contribution is 2.23. The van der Waals surface area contributed by atoms with Crippen LogP contribution in [0.1, 0.15) is 11.9 Å². The van der Waals surface area contributed by atoms with Crippen molar-refractivity contribution in [2.75, 3.05) is 5.73 Å². The zero-order valence-corrected chi connectivity index (χ0v) is 6.54. The van der Waals surface area contributed by atoms with Crippen LogP contribution in [0.2, 0.25) is 0 Å². The second-order valence-electron chi connectivity index (χ2n) is 2.44. The van der Waals surface area contributed by atoms with Gasteiger partial charge in [0.1, 0.15) is 0 Å². The van der Waals surface area contributed by atoms with Gasteiger partial charge in [0.25, 0.3) is 5.69 Å². The molecular weight excluding hydrogens is 176 g/mol. The minimum Gasteiger partial charge on any atom is -0.398 e. The first-order valence-corrected chi connectivity index (χ1v) is 3.42. The highest BCUT2D eigenvalue weighted by atomic mass is 16.6. The summed E-state index contributed by atoms with van der Waals surface area (Å²) in [6.07, 6.45) is -1.79. The van der Waals surface area contributed by atoms with Gasteiger partial charge in [0.2, 0.25) is 0 Å². The molecule has 13 heavy (non-hydrogen) atoms. The number of hydrogen-bond donors (Lipinski definition) is 3. The van der Waals surface area contributed by atoms with Crippen molar-refractivity contribution in [1.29, 1.82) is 0 Å². The van der Waals surface area contributed by atoms with Gasteiger partial charge in [-0.15, -0.1) is 0 Å². The average molecular weight is 184 g/mol. The van der Waals surface area contributed by atoms with Gasteiger partial charge >= 0.3 is 0 Å². The first-order chi connectivity index (χ1) is 6.02. The van der Waals surface area contributed by atoms with Gasteiger partial charge in [-0.2, -0.15) is 0 Å². The van der Waals surface area contributed by atoms with Crippen molar-refractivity contribution in [1.82, 2.24) is 0 Å². The SMILES string of the molecule is Nc1ccc([N+](=O)[O-])cc1C(O)O. The van der Waals surface area contributed by atoms with Crippen LogP contribution in [-0.4, -0.2) is 15.1 Å². The molecule has 6 nitrogen and oxygen atoms in total. The van der Waals surface area contributed by atoms with Crippen molar-refractivity contribution in [3.05, 3.63) is 33.9 Å². The van der Waals surface area contributed by atoms with E-state index in [0.717, 1.165) is 6.07 Å². The van der Waals surface area contributed by atoms with Crippen molar-refractivity contribution in [2.45, 2.75) is 6.29 Å². The number of hydrogen-bond acceptors (Lipinski definition) is 5. The third-order valence-electron chi connectivity index (χ3n) is 1.56. The highest BCUT2D eigenvalue weighted by Gasteiger charge is 2.13. The van der Waals surface area contributed by atoms with Crippen LogP contribution in [0.5, 0.6) is 0 Å². The lowest BCUT2D eigenvalue weighted by Gasteiger charge is -2.06. The first kappa shape index (κ1) is 9.43. The third kappa shape index (κ3) is 1.92. The molecule has 0 unspecified atom stereocenters. The summed E-state index contributed by atoms with van der Waals surface area (Å²) in [6.45, 7) is 0. The second kappa shape index (κ2) is 3.38. The Morgan fingerprint density at radius 2 is 2.08 bits per heavy atom. The van der Waals surface area contributed by atoms with Crippen LogP contribution in [0, 0.1) is 10.1 Å². The van der Waals surface area contributed by atoms with Crippen LogP contribution in [0.25, 0.3) is 0 Å². The van der Waals surface area contributed by atoms with E-state index in [-0.39, 0.29) is 16.9 Å². The Morgan fingerprint density at radius 3 is 2.54 bits per heavy atom. The number of aliphatic hydroxyl groups is 2. The lowest BCUT2D eigenvalue weighted by molar-refractivity contribution is -0.385. The molecule has 0 bridgehead atoms. The Kier molecular flexibility index (Phi) is 2.45. The van der Waals surface area contributed by atoms with Crippen LogP contribution in [0.3, 0.4) is 0 Å². The molecule has 1 aromatic carbocycles. The maximum absolute atomic E-state index is 10.3. The van der Waals surface area contributed by atoms with E-state index in [4.69, 9.17) is 15.9 Å². The molecule has 0 fully saturated rings. The summed E-state index contributed by atoms with van der Waals surface area (Å²) in [5, 5.41) is 27.8. The molecule has 0 radical (unpaired) electrons. The van der Waals surface area contributed by atoms with E-state index >= 15 is 0 Å². The van der Waals surface area contributed by atoms with Gasteiger partial charge in [-0.3, -0.25) is 10.1 Å². The normalized spacial score (nSPS) is 10.4. The molecule has 0 amide bonds. The Balaban J connectivity index is 3.19. The quantitative estimate of drug-likeness (QED) is 0.262. The molecule has 0 atom stereocenters. The van der Waals surface area contributed by atoms with Crippen molar-refractivity contribution < 1.29 is 15.1 Å². The molecular formula is C7H8N2O4. The monoisotopic (exact) mass is 184 g/mol. The van der Waals surface area contributed by atoms with Crippen molar-refractivity contribution >= 4 is 11.4 Å². The molecule has 0 aliphatic rings. The summed E-state index contributed by atoms with van der Waals surface area (Å²) in [6, 6.07) is 3.48. The molecule has 6 heteroatoms. The zero-order valence-electron chi connectivity index (χ0n) is 6.54. The van der Waals surface area contributed by atoms with Crippen molar-refractivity contribution in [3.63, 3.8) is 0 Å². The van der Waals surface area contributed by atoms with Crippen LogP contribution in [0.15, 0.2) is 18.2 Å². The first-order valence-electron chi connectivity index (χ1n) is 3.42. The molecule has 0 aliphatic carbocycles. The van der Waals surface area contributed by atoms with Gasteiger partial charge in [-0.05, 0) is 6.07 Å². The number of aliphatic hydroxyl groups excluding tert-OH is 1. The molecule has 0 spiro atoms. The van der Waals surface area contributed by atoms with E-state index in [1.54, 1.807) is 0 Å². The van der Waals surface area contributed by atoms with Crippen LogP contribution < -0.4 is 5.73 Å². The Bertz CT molecular complexity index is 337. The molecule has 1 aromatic rings. The zero-order chi connectivity index (χ0) is 10.0. The van der Waals surface area contributed by atoms with Crippen molar-refractivity contribution in [3.8, 4) is 0 Å². The number of nitro groups is 1. The van der Waals surface area contributed by atoms with Gasteiger partial charge in [-0.1, -0.05) is 0 Å². The molecule has 0 aromatic heterocycles. The summed E-state index contributed by atoms with van der Waals surface area (Å²) < 4.78 is 0. The molecule has 0 heterocycles. The predicted molar refractivity (Wildman–Crippen MR) is 44.7 cm³/mol. The molecule has 70 valence electrons. The molecule has 0 aliphatic heterocycles. The fraction of sp³-hybridized carbons (Fsp3) is 0.143. The van der Waals surface area contributed by atoms with Crippen LogP contribution >= 0.6 is 0 Å². The summed E-state index contributed by atoms with van der Waals surface area (Å²) in [7, 11) is 0. The van der Waals surface area contributed by atoms with E-state index in [1.165, 1.54) is 12.1 Å². The minimum absolute atomic E-state index is 0.0609. The lowest BCUT2D eigenvalue weighted by atomic mass is 10.1. The van der Waals surface area contributed by atoms with Crippen LogP contribution in [-0.2, 0) is 0 Å². The maximum Gasteiger partial charge on any atom is 0.270 e. The fourth-order valence-electron chi connectivity index (χ4n) is 0.899. The van der Waals surface area contributed by atoms with Gasteiger partial charge in [0.15, 0.2) is 6.29 Å². The van der Waals surface area contributed by atoms with E-state index < -0.39 is 11.2 Å².